The van der Waals surface area contributed by atoms with Crippen LogP contribution in [0.4, 0.5) is 16.3 Å². The standard InChI is InChI=1S/C36H43N5O6S/c1-21-7-13-27(14-8-21)40-31(20-30(39-40)36(4,5)6)38-35(44)37-26-11-9-24(10-12-26)17-25-18-28-15-16-29(19-25)41(28)48(45,46)33-23(3)47-22(2)32(33)34(42)43/h7-14,20,25,28-29H,15-19H2,1-6H3,(H,42,43)(H2,37,38,44). The molecule has 254 valence electrons. The van der Waals surface area contributed by atoms with Crippen LogP contribution in [0.25, 0.3) is 5.69 Å². The number of sulfonamides is 1. The van der Waals surface area contributed by atoms with Gasteiger partial charge in [-0.05, 0) is 88.6 Å². The maximum absolute atomic E-state index is 13.8. The van der Waals surface area contributed by atoms with Gasteiger partial charge in [-0.3, -0.25) is 5.32 Å². The number of urea groups is 1. The molecular weight excluding hydrogens is 630 g/mol. The number of hydrogen-bond acceptors (Lipinski definition) is 6. The van der Waals surface area contributed by atoms with Gasteiger partial charge in [-0.15, -0.1) is 0 Å². The second-order valence-corrected chi connectivity index (χ2v) is 16.0. The Bertz CT molecular complexity index is 1940. The van der Waals surface area contributed by atoms with Gasteiger partial charge in [0.25, 0.3) is 0 Å². The minimum atomic E-state index is -4.04. The van der Waals surface area contributed by atoms with E-state index in [0.717, 1.165) is 41.8 Å². The number of amides is 2. The van der Waals surface area contributed by atoms with Crippen LogP contribution >= 0.6 is 0 Å². The lowest BCUT2D eigenvalue weighted by Crippen LogP contribution is -2.47. The molecule has 2 fully saturated rings. The molecule has 4 heterocycles. The molecule has 2 atom stereocenters. The van der Waals surface area contributed by atoms with E-state index in [1.54, 1.807) is 8.99 Å². The minimum absolute atomic E-state index is 0.0970. The van der Waals surface area contributed by atoms with E-state index in [4.69, 9.17) is 9.52 Å². The number of carbonyl (C=O) groups is 2. The van der Waals surface area contributed by atoms with Gasteiger partial charge < -0.3 is 14.8 Å². The van der Waals surface area contributed by atoms with Crippen LogP contribution in [-0.2, 0) is 21.9 Å². The molecule has 0 spiro atoms. The Balaban J connectivity index is 1.10. The maximum Gasteiger partial charge on any atom is 0.340 e. The summed E-state index contributed by atoms with van der Waals surface area (Å²) in [6.07, 6.45) is 3.67. The molecule has 2 unspecified atom stereocenters. The zero-order valence-corrected chi connectivity index (χ0v) is 29.0. The van der Waals surface area contributed by atoms with E-state index in [-0.39, 0.29) is 51.4 Å². The number of nitrogens with one attached hydrogen (secondary N) is 2. The fourth-order valence-corrected chi connectivity index (χ4v) is 9.46. The number of anilines is 2. The van der Waals surface area contributed by atoms with E-state index >= 15 is 0 Å². The Morgan fingerprint density at radius 3 is 2.15 bits per heavy atom. The number of rotatable bonds is 8. The first-order chi connectivity index (χ1) is 22.6. The molecule has 2 aromatic heterocycles. The first-order valence-corrected chi connectivity index (χ1v) is 17.8. The summed E-state index contributed by atoms with van der Waals surface area (Å²) in [7, 11) is -4.04. The molecule has 2 amide bonds. The van der Waals surface area contributed by atoms with Gasteiger partial charge in [0.15, 0.2) is 0 Å². The number of carboxylic acid groups (broad SMARTS) is 1. The lowest BCUT2D eigenvalue weighted by Gasteiger charge is -2.38. The highest BCUT2D eigenvalue weighted by molar-refractivity contribution is 7.89. The predicted molar refractivity (Wildman–Crippen MR) is 183 cm³/mol. The SMILES string of the molecule is Cc1ccc(-n2nc(C(C)(C)C)cc2NC(=O)Nc2ccc(CC3CC4CCC(C3)N4S(=O)(=O)c3c(C)oc(C)c3C(=O)O)cc2)cc1. The zero-order valence-electron chi connectivity index (χ0n) is 28.2. The van der Waals surface area contributed by atoms with E-state index < -0.39 is 16.0 Å². The molecule has 2 aromatic carbocycles. The summed E-state index contributed by atoms with van der Waals surface area (Å²) < 4.78 is 36.4. The van der Waals surface area contributed by atoms with Gasteiger partial charge in [-0.1, -0.05) is 50.6 Å². The van der Waals surface area contributed by atoms with Crippen LogP contribution in [0.3, 0.4) is 0 Å². The number of aromatic nitrogens is 2. The molecule has 48 heavy (non-hydrogen) atoms. The Kier molecular flexibility index (Phi) is 8.76. The van der Waals surface area contributed by atoms with Gasteiger partial charge in [-0.25, -0.2) is 22.7 Å². The number of hydrogen-bond donors (Lipinski definition) is 3. The number of furan rings is 1. The predicted octanol–water partition coefficient (Wildman–Crippen LogP) is 7.20. The fourth-order valence-electron chi connectivity index (χ4n) is 7.19. The van der Waals surface area contributed by atoms with Crippen molar-refractivity contribution in [1.82, 2.24) is 14.1 Å². The average Bonchev–Trinajstić information content (AvgIpc) is 3.66. The van der Waals surface area contributed by atoms with Crippen LogP contribution in [0.15, 0.2) is 63.9 Å². The molecule has 0 radical (unpaired) electrons. The maximum atomic E-state index is 13.8. The van der Waals surface area contributed by atoms with Crippen LogP contribution in [0, 0.1) is 26.7 Å². The van der Waals surface area contributed by atoms with Crippen molar-refractivity contribution in [2.45, 2.75) is 96.0 Å². The van der Waals surface area contributed by atoms with Crippen molar-refractivity contribution in [2.75, 3.05) is 10.6 Å². The molecular formula is C36H43N5O6S. The van der Waals surface area contributed by atoms with E-state index in [9.17, 15) is 23.1 Å². The summed E-state index contributed by atoms with van der Waals surface area (Å²) >= 11 is 0. The number of aromatic carboxylic acids is 1. The summed E-state index contributed by atoms with van der Waals surface area (Å²) in [5, 5.41) is 20.4. The van der Waals surface area contributed by atoms with Gasteiger partial charge >= 0.3 is 12.0 Å². The van der Waals surface area contributed by atoms with Crippen LogP contribution in [0.1, 0.15) is 85.2 Å². The second-order valence-electron chi connectivity index (χ2n) is 14.2. The molecule has 2 aliphatic heterocycles. The molecule has 3 N–H and O–H groups in total. The number of piperidine rings is 1. The molecule has 0 saturated carbocycles. The smallest absolute Gasteiger partial charge is 0.340 e. The van der Waals surface area contributed by atoms with Crippen molar-refractivity contribution >= 4 is 33.5 Å². The lowest BCUT2D eigenvalue weighted by molar-refractivity contribution is 0.0690. The zero-order chi connectivity index (χ0) is 34.5. The van der Waals surface area contributed by atoms with E-state index in [0.29, 0.717) is 24.3 Å². The van der Waals surface area contributed by atoms with Crippen molar-refractivity contribution in [2.24, 2.45) is 5.92 Å². The Hall–Kier alpha value is -4.42. The van der Waals surface area contributed by atoms with E-state index in [1.807, 2.05) is 61.5 Å². The number of carbonyl (C=O) groups excluding carboxylic acids is 1. The fraction of sp³-hybridized carbons (Fsp3) is 0.417. The Morgan fingerprint density at radius 2 is 1.56 bits per heavy atom. The summed E-state index contributed by atoms with van der Waals surface area (Å²) in [5.74, 6) is -0.247. The van der Waals surface area contributed by atoms with Crippen LogP contribution in [0.2, 0.25) is 0 Å². The molecule has 2 aliphatic rings. The largest absolute Gasteiger partial charge is 0.478 e. The lowest BCUT2D eigenvalue weighted by atomic mass is 9.87. The van der Waals surface area contributed by atoms with Crippen molar-refractivity contribution < 1.29 is 27.5 Å². The quantitative estimate of drug-likeness (QED) is 0.179. The van der Waals surface area contributed by atoms with Crippen LogP contribution < -0.4 is 10.6 Å². The summed E-state index contributed by atoms with van der Waals surface area (Å²) in [5.41, 5.74) is 4.11. The Morgan fingerprint density at radius 1 is 0.938 bits per heavy atom. The normalized spacial score (nSPS) is 19.8. The van der Waals surface area contributed by atoms with Crippen molar-refractivity contribution in [3.8, 4) is 5.69 Å². The van der Waals surface area contributed by atoms with E-state index in [2.05, 4.69) is 31.4 Å². The molecule has 0 aliphatic carbocycles. The first kappa shape index (κ1) is 33.5. The highest BCUT2D eigenvalue weighted by Crippen LogP contribution is 2.44. The molecule has 6 rings (SSSR count). The highest BCUT2D eigenvalue weighted by Gasteiger charge is 2.49. The number of aryl methyl sites for hydroxylation is 3. The topological polar surface area (TPSA) is 147 Å². The highest BCUT2D eigenvalue weighted by atomic mass is 32.2. The molecule has 11 nitrogen and oxygen atoms in total. The summed E-state index contributed by atoms with van der Waals surface area (Å²) in [6, 6.07) is 16.8. The monoisotopic (exact) mass is 673 g/mol. The van der Waals surface area contributed by atoms with Gasteiger partial charge in [0.1, 0.15) is 27.8 Å². The molecule has 2 bridgehead atoms. The third-order valence-electron chi connectivity index (χ3n) is 9.45. The van der Waals surface area contributed by atoms with Gasteiger partial charge in [0.2, 0.25) is 10.0 Å². The molecule has 12 heteroatoms. The van der Waals surface area contributed by atoms with E-state index in [1.165, 1.54) is 13.8 Å². The third-order valence-corrected chi connectivity index (χ3v) is 11.6. The van der Waals surface area contributed by atoms with Gasteiger partial charge in [0.05, 0.1) is 11.4 Å². The van der Waals surface area contributed by atoms with Crippen molar-refractivity contribution in [3.63, 3.8) is 0 Å². The van der Waals surface area contributed by atoms with Gasteiger partial charge in [0, 0.05) is 29.3 Å². The first-order valence-electron chi connectivity index (χ1n) is 16.3. The number of fused-ring (bicyclic) bond motifs is 2. The summed E-state index contributed by atoms with van der Waals surface area (Å²) in [6.45, 7) is 11.2. The number of benzene rings is 2. The van der Waals surface area contributed by atoms with Crippen molar-refractivity contribution in [1.29, 1.82) is 0 Å². The van der Waals surface area contributed by atoms with Crippen LogP contribution in [0.5, 0.6) is 0 Å². The minimum Gasteiger partial charge on any atom is -0.478 e. The Labute approximate surface area is 281 Å². The average molecular weight is 674 g/mol. The number of nitrogens with zero attached hydrogens (tertiary/aromatic N) is 3. The third kappa shape index (κ3) is 6.51. The van der Waals surface area contributed by atoms with Gasteiger partial charge in [-0.2, -0.15) is 9.40 Å². The second kappa shape index (κ2) is 12.6. The summed E-state index contributed by atoms with van der Waals surface area (Å²) in [4.78, 5) is 24.8. The molecule has 4 aromatic rings. The van der Waals surface area contributed by atoms with Crippen molar-refractivity contribution in [3.05, 3.63) is 88.5 Å². The molecule has 2 saturated heterocycles. The van der Waals surface area contributed by atoms with Crippen LogP contribution in [-0.4, -0.2) is 51.7 Å². The number of carboxylic acids is 1.